The van der Waals surface area contributed by atoms with Crippen molar-refractivity contribution < 1.29 is 13.9 Å². The fraction of sp³-hybridized carbons (Fsp3) is 0.667. The van der Waals surface area contributed by atoms with Crippen molar-refractivity contribution in [1.29, 1.82) is 0 Å². The predicted molar refractivity (Wildman–Crippen MR) is 121 cm³/mol. The number of amides is 1. The molecular weight excluding hydrogens is 409 g/mol. The number of ether oxygens (including phenoxy) is 1. The maximum atomic E-state index is 14.6. The smallest absolute Gasteiger partial charge is 0.227 e. The molecule has 0 aromatic heterocycles. The van der Waals surface area contributed by atoms with Crippen molar-refractivity contribution >= 4 is 12.2 Å². The van der Waals surface area contributed by atoms with E-state index in [9.17, 15) is 9.18 Å². The fourth-order valence-electron chi connectivity index (χ4n) is 5.49. The molecule has 174 valence electrons. The highest BCUT2D eigenvalue weighted by molar-refractivity contribution is 5.79. The SMILES string of the molecule is O=C(Cc1ccc(OCCCC2CC2C2CCNCC2)cc1F)N1CCN2NC=NC2C1. The van der Waals surface area contributed by atoms with Gasteiger partial charge in [0.15, 0.2) is 0 Å². The standard InChI is InChI=1S/C24H34FN5O2/c25-22-14-20(32-11-1-2-18-12-21(18)17-5-7-26-8-6-17)4-3-19(22)13-24(31)29-9-10-30-23(15-29)27-16-28-30/h3-4,14,16-18,21,23,26H,1-2,5-13,15H2,(H,27,28). The van der Waals surface area contributed by atoms with Gasteiger partial charge in [-0.2, -0.15) is 5.01 Å². The van der Waals surface area contributed by atoms with Gasteiger partial charge in [-0.25, -0.2) is 4.39 Å². The van der Waals surface area contributed by atoms with E-state index in [0.717, 1.165) is 24.2 Å². The van der Waals surface area contributed by atoms with Crippen molar-refractivity contribution in [1.82, 2.24) is 20.7 Å². The highest BCUT2D eigenvalue weighted by atomic mass is 19.1. The molecule has 1 saturated carbocycles. The van der Waals surface area contributed by atoms with Crippen molar-refractivity contribution in [3.63, 3.8) is 0 Å². The summed E-state index contributed by atoms with van der Waals surface area (Å²) in [5, 5.41) is 5.45. The Hall–Kier alpha value is -2.19. The Morgan fingerprint density at radius 3 is 2.97 bits per heavy atom. The van der Waals surface area contributed by atoms with Crippen LogP contribution >= 0.6 is 0 Å². The van der Waals surface area contributed by atoms with Gasteiger partial charge in [0.1, 0.15) is 17.7 Å². The molecule has 7 nitrogen and oxygen atoms in total. The average Bonchev–Trinajstić information content (AvgIpc) is 3.44. The van der Waals surface area contributed by atoms with E-state index in [-0.39, 0.29) is 24.3 Å². The van der Waals surface area contributed by atoms with Crippen LogP contribution in [-0.2, 0) is 11.2 Å². The number of hydrogen-bond acceptors (Lipinski definition) is 6. The lowest BCUT2D eigenvalue weighted by Crippen LogP contribution is -2.55. The molecule has 32 heavy (non-hydrogen) atoms. The lowest BCUT2D eigenvalue weighted by molar-refractivity contribution is -0.133. The summed E-state index contributed by atoms with van der Waals surface area (Å²) >= 11 is 0. The molecule has 1 amide bonds. The van der Waals surface area contributed by atoms with Gasteiger partial charge >= 0.3 is 0 Å². The van der Waals surface area contributed by atoms with Gasteiger partial charge in [-0.1, -0.05) is 6.07 Å². The average molecular weight is 444 g/mol. The van der Waals surface area contributed by atoms with E-state index in [1.165, 1.54) is 44.8 Å². The summed E-state index contributed by atoms with van der Waals surface area (Å²) in [5.41, 5.74) is 3.48. The van der Waals surface area contributed by atoms with E-state index in [1.807, 2.05) is 5.01 Å². The fourth-order valence-corrected chi connectivity index (χ4v) is 5.49. The zero-order chi connectivity index (χ0) is 21.9. The molecule has 3 unspecified atom stereocenters. The second-order valence-corrected chi connectivity index (χ2v) is 9.59. The van der Waals surface area contributed by atoms with Crippen molar-refractivity contribution in [2.24, 2.45) is 22.7 Å². The van der Waals surface area contributed by atoms with Gasteiger partial charge in [0.25, 0.3) is 0 Å². The van der Waals surface area contributed by atoms with Gasteiger partial charge in [0.2, 0.25) is 5.91 Å². The Balaban J connectivity index is 1.03. The molecule has 1 aliphatic carbocycles. The van der Waals surface area contributed by atoms with E-state index in [4.69, 9.17) is 4.74 Å². The van der Waals surface area contributed by atoms with Crippen LogP contribution in [0.3, 0.4) is 0 Å². The lowest BCUT2D eigenvalue weighted by atomic mass is 9.91. The van der Waals surface area contributed by atoms with Gasteiger partial charge in [-0.3, -0.25) is 9.79 Å². The molecule has 1 aromatic carbocycles. The molecule has 3 heterocycles. The maximum Gasteiger partial charge on any atom is 0.227 e. The number of piperazine rings is 1. The first-order valence-corrected chi connectivity index (χ1v) is 12.1. The summed E-state index contributed by atoms with van der Waals surface area (Å²) in [6.07, 6.45) is 7.93. The first-order valence-electron chi connectivity index (χ1n) is 12.1. The van der Waals surface area contributed by atoms with Crippen LogP contribution in [0.2, 0.25) is 0 Å². The minimum absolute atomic E-state index is 0.0427. The highest BCUT2D eigenvalue weighted by Crippen LogP contribution is 2.49. The van der Waals surface area contributed by atoms with Crippen LogP contribution in [0.4, 0.5) is 4.39 Å². The van der Waals surface area contributed by atoms with Gasteiger partial charge in [-0.15, -0.1) is 0 Å². The third-order valence-corrected chi connectivity index (χ3v) is 7.50. The summed E-state index contributed by atoms with van der Waals surface area (Å²) in [7, 11) is 0. The molecule has 3 atom stereocenters. The maximum absolute atomic E-state index is 14.6. The molecule has 3 aliphatic heterocycles. The van der Waals surface area contributed by atoms with E-state index < -0.39 is 0 Å². The van der Waals surface area contributed by atoms with Crippen LogP contribution in [-0.4, -0.2) is 67.7 Å². The zero-order valence-electron chi connectivity index (χ0n) is 18.6. The lowest BCUT2D eigenvalue weighted by Gasteiger charge is -2.35. The molecule has 0 spiro atoms. The van der Waals surface area contributed by atoms with E-state index in [2.05, 4.69) is 15.7 Å². The first kappa shape index (κ1) is 21.6. The number of hydrogen-bond donors (Lipinski definition) is 2. The Labute approximate surface area is 189 Å². The number of fused-ring (bicyclic) bond motifs is 1. The number of aliphatic imine (C=N–C) groups is 1. The molecular formula is C24H34FN5O2. The van der Waals surface area contributed by atoms with Crippen molar-refractivity contribution in [2.45, 2.75) is 44.7 Å². The normalized spacial score (nSPS) is 27.8. The van der Waals surface area contributed by atoms with Gasteiger partial charge in [0.05, 0.1) is 25.9 Å². The molecule has 2 saturated heterocycles. The minimum atomic E-state index is -0.372. The largest absolute Gasteiger partial charge is 0.493 e. The molecule has 8 heteroatoms. The van der Waals surface area contributed by atoms with Crippen LogP contribution < -0.4 is 15.5 Å². The minimum Gasteiger partial charge on any atom is -0.493 e. The third-order valence-electron chi connectivity index (χ3n) is 7.50. The van der Waals surface area contributed by atoms with Crippen molar-refractivity contribution in [2.75, 3.05) is 39.3 Å². The number of nitrogens with zero attached hydrogens (tertiary/aromatic N) is 3. The van der Waals surface area contributed by atoms with Crippen LogP contribution in [0.15, 0.2) is 23.2 Å². The molecule has 0 bridgehead atoms. The molecule has 3 fully saturated rings. The van der Waals surface area contributed by atoms with E-state index in [0.29, 0.717) is 37.6 Å². The number of nitrogens with one attached hydrogen (secondary N) is 2. The summed E-state index contributed by atoms with van der Waals surface area (Å²) < 4.78 is 20.4. The van der Waals surface area contributed by atoms with Crippen LogP contribution in [0.25, 0.3) is 0 Å². The third kappa shape index (κ3) is 5.07. The van der Waals surface area contributed by atoms with Crippen molar-refractivity contribution in [3.05, 3.63) is 29.6 Å². The Morgan fingerprint density at radius 1 is 1.25 bits per heavy atom. The number of piperidine rings is 1. The molecule has 2 N–H and O–H groups in total. The number of benzene rings is 1. The van der Waals surface area contributed by atoms with Crippen LogP contribution in [0, 0.1) is 23.6 Å². The van der Waals surface area contributed by atoms with Crippen molar-refractivity contribution in [3.8, 4) is 5.75 Å². The Morgan fingerprint density at radius 2 is 2.12 bits per heavy atom. The van der Waals surface area contributed by atoms with Gasteiger partial charge in [-0.05, 0) is 74.6 Å². The topological polar surface area (TPSA) is 69.2 Å². The number of rotatable bonds is 8. The second kappa shape index (κ2) is 9.75. The monoisotopic (exact) mass is 443 g/mol. The molecule has 1 aromatic rings. The van der Waals surface area contributed by atoms with Crippen LogP contribution in [0.1, 0.15) is 37.7 Å². The first-order chi connectivity index (χ1) is 15.7. The zero-order valence-corrected chi connectivity index (χ0v) is 18.6. The van der Waals surface area contributed by atoms with E-state index in [1.54, 1.807) is 23.4 Å². The Kier molecular flexibility index (Phi) is 6.59. The summed E-state index contributed by atoms with van der Waals surface area (Å²) in [6, 6.07) is 4.88. The number of carbonyl (C=O) groups is 1. The molecule has 4 aliphatic rings. The van der Waals surface area contributed by atoms with Gasteiger partial charge < -0.3 is 20.4 Å². The second-order valence-electron chi connectivity index (χ2n) is 9.59. The Bertz CT molecular complexity index is 844. The summed E-state index contributed by atoms with van der Waals surface area (Å²) in [4.78, 5) is 18.7. The number of halogens is 1. The van der Waals surface area contributed by atoms with Crippen LogP contribution in [0.5, 0.6) is 5.75 Å². The molecule has 5 rings (SSSR count). The molecule has 0 radical (unpaired) electrons. The number of carbonyl (C=O) groups excluding carboxylic acids is 1. The highest BCUT2D eigenvalue weighted by Gasteiger charge is 2.42. The number of hydrazine groups is 1. The van der Waals surface area contributed by atoms with E-state index >= 15 is 0 Å². The van der Waals surface area contributed by atoms with Gasteiger partial charge in [0, 0.05) is 19.2 Å². The predicted octanol–water partition coefficient (Wildman–Crippen LogP) is 2.18. The summed E-state index contributed by atoms with van der Waals surface area (Å²) in [5.74, 6) is 2.81. The quantitative estimate of drug-likeness (QED) is 0.603. The summed E-state index contributed by atoms with van der Waals surface area (Å²) in [6.45, 7) is 4.83.